The molecule has 2 aromatic rings. The zero-order valence-electron chi connectivity index (χ0n) is 14.8. The van der Waals surface area contributed by atoms with E-state index in [0.29, 0.717) is 12.1 Å². The fourth-order valence-corrected chi connectivity index (χ4v) is 2.85. The van der Waals surface area contributed by atoms with E-state index in [1.807, 2.05) is 30.1 Å². The highest BCUT2D eigenvalue weighted by atomic mass is 16.3. The molecule has 1 unspecified atom stereocenters. The minimum absolute atomic E-state index is 0.0150. The molecule has 5 heteroatoms. The van der Waals surface area contributed by atoms with Crippen molar-refractivity contribution in [2.24, 2.45) is 0 Å². The van der Waals surface area contributed by atoms with Crippen molar-refractivity contribution in [3.8, 4) is 5.75 Å². The van der Waals surface area contributed by atoms with Gasteiger partial charge in [-0.15, -0.1) is 0 Å². The van der Waals surface area contributed by atoms with Crippen molar-refractivity contribution in [1.29, 1.82) is 0 Å². The molecule has 0 fully saturated rings. The molecule has 0 radical (unpaired) electrons. The molecular weight excluding hydrogens is 318 g/mol. The van der Waals surface area contributed by atoms with Gasteiger partial charge in [0.2, 0.25) is 0 Å². The fraction of sp³-hybridized carbons (Fsp3) is 0.350. The molecule has 25 heavy (non-hydrogen) atoms. The molecule has 2 aromatic carbocycles. The smallest absolute Gasteiger partial charge is 0.193 e. The van der Waals surface area contributed by atoms with E-state index in [2.05, 4.69) is 0 Å². The molecule has 134 valence electrons. The third-order valence-electron chi connectivity index (χ3n) is 4.12. The first-order chi connectivity index (χ1) is 11.7. The molecule has 0 aliphatic carbocycles. The fourth-order valence-electron chi connectivity index (χ4n) is 2.85. The number of carbonyl (C=O) groups excluding carboxylic acids is 1. The Hall–Kier alpha value is -2.21. The Kier molecular flexibility index (Phi) is 5.95. The summed E-state index contributed by atoms with van der Waals surface area (Å²) in [4.78, 5) is 14.1. The first-order valence-electron chi connectivity index (χ1n) is 8.21. The van der Waals surface area contributed by atoms with Crippen LogP contribution in [-0.2, 0) is 0 Å². The number of benzene rings is 2. The number of carbonyl (C=O) groups is 1. The van der Waals surface area contributed by atoms with Gasteiger partial charge in [-0.25, -0.2) is 0 Å². The third kappa shape index (κ3) is 4.66. The van der Waals surface area contributed by atoms with Gasteiger partial charge in [0.1, 0.15) is 11.4 Å². The number of Topliss-reactive ketones (excluding diaryl/α,β-unsaturated/α-hetero) is 1. The van der Waals surface area contributed by atoms with Crippen molar-refractivity contribution < 1.29 is 20.1 Å². The van der Waals surface area contributed by atoms with Crippen molar-refractivity contribution in [2.75, 3.05) is 20.2 Å². The molecule has 0 heterocycles. The predicted octanol–water partition coefficient (Wildman–Crippen LogP) is 2.36. The summed E-state index contributed by atoms with van der Waals surface area (Å²) in [6.45, 7) is 3.41. The van der Waals surface area contributed by atoms with E-state index < -0.39 is 5.60 Å². The van der Waals surface area contributed by atoms with E-state index in [-0.39, 0.29) is 24.2 Å². The quantitative estimate of drug-likeness (QED) is 0.673. The monoisotopic (exact) mass is 343 g/mol. The molecule has 0 saturated carbocycles. The van der Waals surface area contributed by atoms with Crippen LogP contribution < -0.4 is 0 Å². The minimum atomic E-state index is -1.42. The number of aromatic hydroxyl groups is 1. The van der Waals surface area contributed by atoms with Gasteiger partial charge in [0.05, 0.1) is 12.6 Å². The van der Waals surface area contributed by atoms with Crippen LogP contribution in [-0.4, -0.2) is 51.8 Å². The minimum Gasteiger partial charge on any atom is -0.508 e. The lowest BCUT2D eigenvalue weighted by Gasteiger charge is -2.29. The first kappa shape index (κ1) is 19.1. The van der Waals surface area contributed by atoms with Gasteiger partial charge in [-0.05, 0) is 44.2 Å². The summed E-state index contributed by atoms with van der Waals surface area (Å²) in [5.41, 5.74) is 0.835. The van der Waals surface area contributed by atoms with Gasteiger partial charge in [-0.1, -0.05) is 36.4 Å². The van der Waals surface area contributed by atoms with Crippen LogP contribution in [0, 0.1) is 0 Å². The molecule has 0 bridgehead atoms. The van der Waals surface area contributed by atoms with Crippen molar-refractivity contribution in [3.63, 3.8) is 0 Å². The van der Waals surface area contributed by atoms with E-state index in [1.54, 1.807) is 30.3 Å². The Morgan fingerprint density at radius 3 is 2.28 bits per heavy atom. The van der Waals surface area contributed by atoms with E-state index >= 15 is 0 Å². The standard InChI is InChI=1S/C20H25NO4/c1-20(2,25)19(24)15-9-7-14(8-10-15)18(21(3)11-12-22)16-5-4-6-17(23)13-16/h4-10,13,18,22-23,25H,11-12H2,1-3H3. The van der Waals surface area contributed by atoms with Gasteiger partial charge in [-0.2, -0.15) is 0 Å². The molecule has 0 spiro atoms. The van der Waals surface area contributed by atoms with Gasteiger partial charge < -0.3 is 15.3 Å². The normalized spacial score (nSPS) is 13.0. The topological polar surface area (TPSA) is 81.0 Å². The maximum absolute atomic E-state index is 12.2. The van der Waals surface area contributed by atoms with Crippen LogP contribution in [0.25, 0.3) is 0 Å². The second kappa shape index (κ2) is 7.78. The second-order valence-corrected chi connectivity index (χ2v) is 6.71. The molecule has 2 rings (SSSR count). The van der Waals surface area contributed by atoms with Crippen LogP contribution in [0.15, 0.2) is 48.5 Å². The number of hydrogen-bond donors (Lipinski definition) is 3. The van der Waals surface area contributed by atoms with Gasteiger partial charge in [-0.3, -0.25) is 9.69 Å². The van der Waals surface area contributed by atoms with E-state index in [9.17, 15) is 20.1 Å². The van der Waals surface area contributed by atoms with Crippen molar-refractivity contribution >= 4 is 5.78 Å². The molecule has 3 N–H and O–H groups in total. The number of phenolic OH excluding ortho intramolecular Hbond substituents is 1. The highest BCUT2D eigenvalue weighted by Gasteiger charge is 2.26. The third-order valence-corrected chi connectivity index (χ3v) is 4.12. The number of nitrogens with zero attached hydrogens (tertiary/aromatic N) is 1. The van der Waals surface area contributed by atoms with Crippen LogP contribution in [0.4, 0.5) is 0 Å². The molecule has 0 aliphatic heterocycles. The molecule has 0 amide bonds. The summed E-state index contributed by atoms with van der Waals surface area (Å²) >= 11 is 0. The summed E-state index contributed by atoms with van der Waals surface area (Å²) in [5.74, 6) is -0.162. The highest BCUT2D eigenvalue weighted by Crippen LogP contribution is 2.30. The average molecular weight is 343 g/mol. The van der Waals surface area contributed by atoms with Gasteiger partial charge in [0.25, 0.3) is 0 Å². The van der Waals surface area contributed by atoms with Gasteiger partial charge in [0.15, 0.2) is 5.78 Å². The molecule has 0 aromatic heterocycles. The number of rotatable bonds is 7. The molecular formula is C20H25NO4. The number of ketones is 1. The summed E-state index contributed by atoms with van der Waals surface area (Å²) in [5, 5.41) is 28.9. The number of hydrogen-bond acceptors (Lipinski definition) is 5. The van der Waals surface area contributed by atoms with Crippen LogP contribution in [0.3, 0.4) is 0 Å². The number of likely N-dealkylation sites (N-methyl/N-ethyl adjacent to an activating group) is 1. The Labute approximate surface area is 148 Å². The van der Waals surface area contributed by atoms with E-state index in [1.165, 1.54) is 13.8 Å². The molecule has 0 saturated heterocycles. The Morgan fingerprint density at radius 1 is 1.12 bits per heavy atom. The summed E-state index contributed by atoms with van der Waals surface area (Å²) in [6.07, 6.45) is 0. The Bertz CT molecular complexity index is 719. The highest BCUT2D eigenvalue weighted by molar-refractivity contribution is 6.01. The Balaban J connectivity index is 2.39. The van der Waals surface area contributed by atoms with Crippen LogP contribution in [0.2, 0.25) is 0 Å². The summed E-state index contributed by atoms with van der Waals surface area (Å²) < 4.78 is 0. The van der Waals surface area contributed by atoms with E-state index in [0.717, 1.165) is 11.1 Å². The van der Waals surface area contributed by atoms with Crippen molar-refractivity contribution in [2.45, 2.75) is 25.5 Å². The van der Waals surface area contributed by atoms with Gasteiger partial charge in [0, 0.05) is 12.1 Å². The maximum atomic E-state index is 12.2. The number of aliphatic hydroxyl groups excluding tert-OH is 1. The molecule has 5 nitrogen and oxygen atoms in total. The van der Waals surface area contributed by atoms with Crippen molar-refractivity contribution in [3.05, 3.63) is 65.2 Å². The molecule has 1 atom stereocenters. The first-order valence-corrected chi connectivity index (χ1v) is 8.21. The number of phenols is 1. The SMILES string of the molecule is CN(CCO)C(c1ccc(C(=O)C(C)(C)O)cc1)c1cccc(O)c1. The maximum Gasteiger partial charge on any atom is 0.193 e. The van der Waals surface area contributed by atoms with Crippen LogP contribution >= 0.6 is 0 Å². The summed E-state index contributed by atoms with van der Waals surface area (Å²) in [7, 11) is 1.89. The van der Waals surface area contributed by atoms with E-state index in [4.69, 9.17) is 0 Å². The average Bonchev–Trinajstić information content (AvgIpc) is 2.54. The largest absolute Gasteiger partial charge is 0.508 e. The van der Waals surface area contributed by atoms with Gasteiger partial charge >= 0.3 is 0 Å². The zero-order chi connectivity index (χ0) is 18.6. The predicted molar refractivity (Wildman–Crippen MR) is 96.7 cm³/mol. The second-order valence-electron chi connectivity index (χ2n) is 6.71. The zero-order valence-corrected chi connectivity index (χ0v) is 14.8. The Morgan fingerprint density at radius 2 is 1.76 bits per heavy atom. The number of aliphatic hydroxyl groups is 2. The van der Waals surface area contributed by atoms with Crippen LogP contribution in [0.5, 0.6) is 5.75 Å². The lowest BCUT2D eigenvalue weighted by molar-refractivity contribution is 0.0488. The lowest BCUT2D eigenvalue weighted by atomic mass is 9.92. The van der Waals surface area contributed by atoms with Crippen molar-refractivity contribution in [1.82, 2.24) is 4.90 Å². The lowest BCUT2D eigenvalue weighted by Crippen LogP contribution is -2.31. The molecule has 0 aliphatic rings. The summed E-state index contributed by atoms with van der Waals surface area (Å²) in [6, 6.07) is 13.9. The van der Waals surface area contributed by atoms with Crippen LogP contribution in [0.1, 0.15) is 41.4 Å².